The maximum absolute atomic E-state index is 12.6. The second kappa shape index (κ2) is 6.95. The third kappa shape index (κ3) is 3.44. The van der Waals surface area contributed by atoms with Gasteiger partial charge < -0.3 is 9.64 Å². The van der Waals surface area contributed by atoms with Crippen LogP contribution in [0.1, 0.15) is 30.2 Å². The predicted octanol–water partition coefficient (Wildman–Crippen LogP) is 1.63. The number of carbonyl (C=O) groups excluding carboxylic acids is 2. The van der Waals surface area contributed by atoms with Crippen molar-refractivity contribution in [2.45, 2.75) is 46.3 Å². The van der Waals surface area contributed by atoms with E-state index in [0.29, 0.717) is 23.3 Å². The highest BCUT2D eigenvalue weighted by Gasteiger charge is 2.26. The van der Waals surface area contributed by atoms with E-state index >= 15 is 0 Å². The third-order valence-corrected chi connectivity index (χ3v) is 5.64. The second-order valence-electron chi connectivity index (χ2n) is 6.31. The van der Waals surface area contributed by atoms with Gasteiger partial charge in [0.25, 0.3) is 11.5 Å². The number of likely N-dealkylation sites (tertiary alicyclic amines) is 1. The van der Waals surface area contributed by atoms with Crippen molar-refractivity contribution in [1.82, 2.24) is 14.5 Å². The summed E-state index contributed by atoms with van der Waals surface area (Å²) < 4.78 is 6.45. The molecule has 7 nitrogen and oxygen atoms in total. The van der Waals surface area contributed by atoms with Gasteiger partial charge in [-0.15, -0.1) is 11.3 Å². The van der Waals surface area contributed by atoms with Crippen LogP contribution in [0.25, 0.3) is 10.2 Å². The minimum Gasteiger partial charge on any atom is -0.451 e. The first-order chi connectivity index (χ1) is 11.9. The Kier molecular flexibility index (Phi) is 4.89. The monoisotopic (exact) mass is 363 g/mol. The fourth-order valence-electron chi connectivity index (χ4n) is 3.00. The quantitative estimate of drug-likeness (QED) is 0.771. The number of esters is 1. The maximum atomic E-state index is 12.6. The molecule has 1 fully saturated rings. The first-order valence-electron chi connectivity index (χ1n) is 8.32. The van der Waals surface area contributed by atoms with Crippen molar-refractivity contribution in [3.8, 4) is 0 Å². The van der Waals surface area contributed by atoms with Gasteiger partial charge in [-0.25, -0.2) is 4.98 Å². The van der Waals surface area contributed by atoms with Gasteiger partial charge in [0.05, 0.1) is 11.7 Å². The number of thiophene rings is 1. The van der Waals surface area contributed by atoms with Crippen molar-refractivity contribution in [2.75, 3.05) is 13.1 Å². The average molecular weight is 363 g/mol. The Hall–Kier alpha value is -2.22. The maximum Gasteiger partial charge on any atom is 0.326 e. The van der Waals surface area contributed by atoms with Crippen LogP contribution in [0.15, 0.2) is 11.1 Å². The van der Waals surface area contributed by atoms with Gasteiger partial charge in [-0.3, -0.25) is 19.0 Å². The summed E-state index contributed by atoms with van der Waals surface area (Å²) in [7, 11) is 0. The molecule has 1 atom stereocenters. The summed E-state index contributed by atoms with van der Waals surface area (Å²) >= 11 is 1.46. The Bertz CT molecular complexity index is 880. The molecule has 0 bridgehead atoms. The lowest BCUT2D eigenvalue weighted by molar-refractivity contribution is -0.159. The van der Waals surface area contributed by atoms with Crippen LogP contribution in [0.5, 0.6) is 0 Å². The molecular formula is C17H21N3O4S. The van der Waals surface area contributed by atoms with Crippen LogP contribution in [0.4, 0.5) is 0 Å². The van der Waals surface area contributed by atoms with Gasteiger partial charge in [0.15, 0.2) is 6.10 Å². The summed E-state index contributed by atoms with van der Waals surface area (Å²) in [5.41, 5.74) is 0.625. The molecule has 3 rings (SSSR count). The molecule has 0 unspecified atom stereocenters. The van der Waals surface area contributed by atoms with Crippen LogP contribution in [-0.4, -0.2) is 45.5 Å². The van der Waals surface area contributed by atoms with Gasteiger partial charge in [0, 0.05) is 18.0 Å². The SMILES string of the molecule is Cc1sc2ncn(CC(=O)O[C@@H](C)C(=O)N3CCCC3)c(=O)c2c1C. The molecule has 0 aliphatic carbocycles. The Morgan fingerprint density at radius 1 is 1.32 bits per heavy atom. The van der Waals surface area contributed by atoms with Crippen LogP contribution >= 0.6 is 11.3 Å². The van der Waals surface area contributed by atoms with Gasteiger partial charge in [-0.05, 0) is 39.2 Å². The highest BCUT2D eigenvalue weighted by atomic mass is 32.1. The number of aryl methyl sites for hydroxylation is 2. The highest BCUT2D eigenvalue weighted by molar-refractivity contribution is 7.18. The molecule has 2 aromatic heterocycles. The van der Waals surface area contributed by atoms with E-state index < -0.39 is 12.1 Å². The number of rotatable bonds is 4. The number of nitrogens with zero attached hydrogens (tertiary/aromatic N) is 3. The third-order valence-electron chi connectivity index (χ3n) is 4.53. The van der Waals surface area contributed by atoms with E-state index in [4.69, 9.17) is 4.74 Å². The van der Waals surface area contributed by atoms with Gasteiger partial charge >= 0.3 is 5.97 Å². The van der Waals surface area contributed by atoms with Gasteiger partial charge in [0.1, 0.15) is 11.4 Å². The molecule has 0 aromatic carbocycles. The molecule has 25 heavy (non-hydrogen) atoms. The van der Waals surface area contributed by atoms with E-state index in [9.17, 15) is 14.4 Å². The standard InChI is InChI=1S/C17H21N3O4S/c1-10-12(3)25-15-14(10)17(23)20(9-18-15)8-13(21)24-11(2)16(22)19-6-4-5-7-19/h9,11H,4-8H2,1-3H3/t11-/m0/s1. The zero-order valence-electron chi connectivity index (χ0n) is 14.6. The molecule has 134 valence electrons. The number of fused-ring (bicyclic) bond motifs is 1. The summed E-state index contributed by atoms with van der Waals surface area (Å²) in [4.78, 5) is 44.6. The topological polar surface area (TPSA) is 81.5 Å². The molecule has 8 heteroatoms. The summed E-state index contributed by atoms with van der Waals surface area (Å²) in [5, 5.41) is 0.541. The first-order valence-corrected chi connectivity index (χ1v) is 9.13. The van der Waals surface area contributed by atoms with E-state index in [-0.39, 0.29) is 18.0 Å². The summed E-state index contributed by atoms with van der Waals surface area (Å²) in [5.74, 6) is -0.802. The molecule has 0 radical (unpaired) electrons. The van der Waals surface area contributed by atoms with Crippen molar-refractivity contribution in [3.05, 3.63) is 27.1 Å². The number of hydrogen-bond donors (Lipinski definition) is 0. The molecule has 1 aliphatic heterocycles. The molecular weight excluding hydrogens is 342 g/mol. The smallest absolute Gasteiger partial charge is 0.326 e. The summed E-state index contributed by atoms with van der Waals surface area (Å²) in [6, 6.07) is 0. The van der Waals surface area contributed by atoms with Gasteiger partial charge in [-0.1, -0.05) is 0 Å². The van der Waals surface area contributed by atoms with Crippen molar-refractivity contribution >= 4 is 33.4 Å². The van der Waals surface area contributed by atoms with Crippen molar-refractivity contribution in [2.24, 2.45) is 0 Å². The zero-order chi connectivity index (χ0) is 18.1. The fraction of sp³-hybridized carbons (Fsp3) is 0.529. The number of carbonyl (C=O) groups is 2. The normalized spacial score (nSPS) is 15.6. The number of ether oxygens (including phenoxy) is 1. The van der Waals surface area contributed by atoms with E-state index in [1.165, 1.54) is 22.2 Å². The first kappa shape index (κ1) is 17.6. The Labute approximate surface area is 149 Å². The van der Waals surface area contributed by atoms with E-state index in [1.807, 2.05) is 13.8 Å². The van der Waals surface area contributed by atoms with Crippen LogP contribution in [0, 0.1) is 13.8 Å². The molecule has 2 aromatic rings. The highest BCUT2D eigenvalue weighted by Crippen LogP contribution is 2.25. The number of hydrogen-bond acceptors (Lipinski definition) is 6. The van der Waals surface area contributed by atoms with Gasteiger partial charge in [0.2, 0.25) is 0 Å². The Morgan fingerprint density at radius 2 is 2.00 bits per heavy atom. The zero-order valence-corrected chi connectivity index (χ0v) is 15.4. The van der Waals surface area contributed by atoms with E-state index in [0.717, 1.165) is 23.3 Å². The summed E-state index contributed by atoms with van der Waals surface area (Å²) in [6.45, 7) is 6.53. The lowest BCUT2D eigenvalue weighted by atomic mass is 10.2. The Balaban J connectivity index is 1.71. The molecule has 3 heterocycles. The van der Waals surface area contributed by atoms with E-state index in [1.54, 1.807) is 11.8 Å². The largest absolute Gasteiger partial charge is 0.451 e. The second-order valence-corrected chi connectivity index (χ2v) is 7.51. The molecule has 1 aliphatic rings. The van der Waals surface area contributed by atoms with Crippen molar-refractivity contribution in [1.29, 1.82) is 0 Å². The number of aromatic nitrogens is 2. The van der Waals surface area contributed by atoms with Crippen LogP contribution in [0.3, 0.4) is 0 Å². The fourth-order valence-corrected chi connectivity index (χ4v) is 3.99. The lowest BCUT2D eigenvalue weighted by Crippen LogP contribution is -2.39. The van der Waals surface area contributed by atoms with Crippen LogP contribution in [0.2, 0.25) is 0 Å². The molecule has 1 saturated heterocycles. The molecule has 0 N–H and O–H groups in total. The lowest BCUT2D eigenvalue weighted by Gasteiger charge is -2.20. The predicted molar refractivity (Wildman–Crippen MR) is 94.7 cm³/mol. The summed E-state index contributed by atoms with van der Waals surface area (Å²) in [6.07, 6.45) is 2.47. The number of amides is 1. The minimum absolute atomic E-state index is 0.184. The Morgan fingerprint density at radius 3 is 2.68 bits per heavy atom. The van der Waals surface area contributed by atoms with Crippen molar-refractivity contribution in [3.63, 3.8) is 0 Å². The van der Waals surface area contributed by atoms with Crippen LogP contribution in [-0.2, 0) is 20.9 Å². The molecule has 0 saturated carbocycles. The van der Waals surface area contributed by atoms with Gasteiger partial charge in [-0.2, -0.15) is 0 Å². The molecule has 0 spiro atoms. The minimum atomic E-state index is -0.844. The van der Waals surface area contributed by atoms with Crippen LogP contribution < -0.4 is 5.56 Å². The molecule has 1 amide bonds. The van der Waals surface area contributed by atoms with E-state index in [2.05, 4.69) is 4.98 Å². The average Bonchev–Trinajstić information content (AvgIpc) is 3.19. The van der Waals surface area contributed by atoms with Crippen molar-refractivity contribution < 1.29 is 14.3 Å².